The van der Waals surface area contributed by atoms with Gasteiger partial charge in [0.05, 0.1) is 16.7 Å². The van der Waals surface area contributed by atoms with E-state index in [1.165, 1.54) is 6.07 Å². The van der Waals surface area contributed by atoms with Crippen molar-refractivity contribution in [2.24, 2.45) is 0 Å². The van der Waals surface area contributed by atoms with E-state index in [4.69, 9.17) is 16.9 Å². The molecule has 0 radical (unpaired) electrons. The van der Waals surface area contributed by atoms with Gasteiger partial charge in [0, 0.05) is 0 Å². The van der Waals surface area contributed by atoms with Gasteiger partial charge in [0.25, 0.3) is 5.91 Å². The Kier molecular flexibility index (Phi) is 3.74. The second-order valence-electron chi connectivity index (χ2n) is 4.27. The molecule has 1 rings (SSSR count). The standard InChI is InChI=1S/C12H12ClFN2O/c1-7-4-9(13)8(5-10(7)14)11(17)16-12(2,3)6-15/h4-5H,1-3H3,(H,16,17). The van der Waals surface area contributed by atoms with Crippen molar-refractivity contribution in [2.45, 2.75) is 26.3 Å². The van der Waals surface area contributed by atoms with Gasteiger partial charge >= 0.3 is 0 Å². The van der Waals surface area contributed by atoms with Crippen molar-refractivity contribution in [3.05, 3.63) is 34.1 Å². The van der Waals surface area contributed by atoms with Gasteiger partial charge in [-0.05, 0) is 38.5 Å². The van der Waals surface area contributed by atoms with Crippen molar-refractivity contribution < 1.29 is 9.18 Å². The van der Waals surface area contributed by atoms with Gasteiger partial charge in [-0.25, -0.2) is 4.39 Å². The summed E-state index contributed by atoms with van der Waals surface area (Å²) in [4.78, 5) is 11.8. The molecule has 0 unspecified atom stereocenters. The first-order chi connectivity index (χ1) is 7.76. The maximum absolute atomic E-state index is 13.3. The van der Waals surface area contributed by atoms with E-state index in [2.05, 4.69) is 5.32 Å². The van der Waals surface area contributed by atoms with E-state index in [0.29, 0.717) is 5.56 Å². The smallest absolute Gasteiger partial charge is 0.254 e. The molecule has 0 heterocycles. The first-order valence-electron chi connectivity index (χ1n) is 4.96. The molecule has 90 valence electrons. The molecule has 1 N–H and O–H groups in total. The molecule has 1 aromatic carbocycles. The topological polar surface area (TPSA) is 52.9 Å². The Morgan fingerprint density at radius 1 is 1.53 bits per heavy atom. The van der Waals surface area contributed by atoms with Gasteiger partial charge in [0.1, 0.15) is 11.4 Å². The first kappa shape index (κ1) is 13.5. The Bertz CT molecular complexity index is 506. The summed E-state index contributed by atoms with van der Waals surface area (Å²) >= 11 is 5.86. The number of benzene rings is 1. The van der Waals surface area contributed by atoms with Gasteiger partial charge in [0.2, 0.25) is 0 Å². The molecule has 0 aromatic heterocycles. The fourth-order valence-electron chi connectivity index (χ4n) is 1.20. The number of carbonyl (C=O) groups is 1. The molecule has 0 aliphatic heterocycles. The van der Waals surface area contributed by atoms with Crippen molar-refractivity contribution in [3.63, 3.8) is 0 Å². The van der Waals surface area contributed by atoms with Crippen LogP contribution >= 0.6 is 11.6 Å². The Morgan fingerprint density at radius 3 is 2.65 bits per heavy atom. The Morgan fingerprint density at radius 2 is 2.12 bits per heavy atom. The number of aryl methyl sites for hydroxylation is 1. The third kappa shape index (κ3) is 3.18. The average Bonchev–Trinajstić information content (AvgIpc) is 2.22. The lowest BCUT2D eigenvalue weighted by Gasteiger charge is -2.18. The fourth-order valence-corrected chi connectivity index (χ4v) is 1.50. The zero-order chi connectivity index (χ0) is 13.2. The second-order valence-corrected chi connectivity index (χ2v) is 4.68. The molecule has 1 aromatic rings. The van der Waals surface area contributed by atoms with Crippen molar-refractivity contribution in [2.75, 3.05) is 0 Å². The minimum Gasteiger partial charge on any atom is -0.334 e. The first-order valence-corrected chi connectivity index (χ1v) is 5.34. The van der Waals surface area contributed by atoms with Crippen LogP contribution in [0.25, 0.3) is 0 Å². The molecule has 0 fully saturated rings. The van der Waals surface area contributed by atoms with E-state index in [1.54, 1.807) is 20.8 Å². The summed E-state index contributed by atoms with van der Waals surface area (Å²) in [5.41, 5.74) is -0.633. The van der Waals surface area contributed by atoms with Crippen LogP contribution in [-0.2, 0) is 0 Å². The predicted molar refractivity (Wildman–Crippen MR) is 63.3 cm³/mol. The van der Waals surface area contributed by atoms with Crippen LogP contribution in [0.5, 0.6) is 0 Å². The number of amides is 1. The molecule has 0 aliphatic carbocycles. The number of halogens is 2. The average molecular weight is 255 g/mol. The lowest BCUT2D eigenvalue weighted by Crippen LogP contribution is -2.42. The third-order valence-corrected chi connectivity index (χ3v) is 2.51. The van der Waals surface area contributed by atoms with E-state index >= 15 is 0 Å². The molecule has 3 nitrogen and oxygen atoms in total. The van der Waals surface area contributed by atoms with Crippen molar-refractivity contribution in [1.82, 2.24) is 5.32 Å². The summed E-state index contributed by atoms with van der Waals surface area (Å²) in [6.45, 7) is 4.65. The number of nitriles is 1. The molecular weight excluding hydrogens is 243 g/mol. The van der Waals surface area contributed by atoms with Gasteiger partial charge in [-0.3, -0.25) is 4.79 Å². The predicted octanol–water partition coefficient (Wildman–Crippen LogP) is 2.82. The number of carbonyl (C=O) groups excluding carboxylic acids is 1. The highest BCUT2D eigenvalue weighted by Gasteiger charge is 2.22. The SMILES string of the molecule is Cc1cc(Cl)c(C(=O)NC(C)(C)C#N)cc1F. The number of hydrogen-bond donors (Lipinski definition) is 1. The Hall–Kier alpha value is -1.60. The van der Waals surface area contributed by atoms with E-state index in [9.17, 15) is 9.18 Å². The van der Waals surface area contributed by atoms with Crippen LogP contribution in [0.1, 0.15) is 29.8 Å². The molecule has 17 heavy (non-hydrogen) atoms. The number of nitrogens with one attached hydrogen (secondary N) is 1. The number of hydrogen-bond acceptors (Lipinski definition) is 2. The van der Waals surface area contributed by atoms with Gasteiger partial charge in [0.15, 0.2) is 0 Å². The zero-order valence-corrected chi connectivity index (χ0v) is 10.5. The lowest BCUT2D eigenvalue weighted by molar-refractivity contribution is 0.0929. The molecule has 0 saturated carbocycles. The highest BCUT2D eigenvalue weighted by molar-refractivity contribution is 6.33. The van der Waals surface area contributed by atoms with Gasteiger partial charge in [-0.15, -0.1) is 0 Å². The van der Waals surface area contributed by atoms with Crippen molar-refractivity contribution >= 4 is 17.5 Å². The van der Waals surface area contributed by atoms with Crippen LogP contribution < -0.4 is 5.32 Å². The van der Waals surface area contributed by atoms with Gasteiger partial charge in [-0.2, -0.15) is 5.26 Å². The molecule has 0 atom stereocenters. The van der Waals surface area contributed by atoms with E-state index < -0.39 is 17.3 Å². The monoisotopic (exact) mass is 254 g/mol. The lowest BCUT2D eigenvalue weighted by atomic mass is 10.1. The molecule has 0 bridgehead atoms. The molecular formula is C12H12ClFN2O. The quantitative estimate of drug-likeness (QED) is 0.882. The molecule has 0 saturated heterocycles. The Labute approximate surface area is 104 Å². The normalized spacial score (nSPS) is 10.8. The van der Waals surface area contributed by atoms with Crippen LogP contribution in [0, 0.1) is 24.1 Å². The summed E-state index contributed by atoms with van der Waals surface area (Å²) in [5, 5.41) is 11.4. The highest BCUT2D eigenvalue weighted by Crippen LogP contribution is 2.21. The summed E-state index contributed by atoms with van der Waals surface area (Å²) in [7, 11) is 0. The van der Waals surface area contributed by atoms with Crippen molar-refractivity contribution in [3.8, 4) is 6.07 Å². The molecule has 0 spiro atoms. The minimum absolute atomic E-state index is 0.0260. The maximum atomic E-state index is 13.3. The van der Waals surface area contributed by atoms with E-state index in [1.807, 2.05) is 6.07 Å². The molecule has 0 aliphatic rings. The number of nitrogens with zero attached hydrogens (tertiary/aromatic N) is 1. The third-order valence-electron chi connectivity index (χ3n) is 2.20. The largest absolute Gasteiger partial charge is 0.334 e. The fraction of sp³-hybridized carbons (Fsp3) is 0.333. The van der Waals surface area contributed by atoms with Crippen LogP contribution in [0.15, 0.2) is 12.1 Å². The summed E-state index contributed by atoms with van der Waals surface area (Å²) in [5.74, 6) is -1.07. The van der Waals surface area contributed by atoms with Crippen LogP contribution in [-0.4, -0.2) is 11.4 Å². The van der Waals surface area contributed by atoms with E-state index in [0.717, 1.165) is 6.07 Å². The Balaban J connectivity index is 3.07. The van der Waals surface area contributed by atoms with Crippen LogP contribution in [0.2, 0.25) is 5.02 Å². The molecule has 1 amide bonds. The number of rotatable bonds is 2. The second kappa shape index (κ2) is 4.72. The summed E-state index contributed by atoms with van der Waals surface area (Å²) in [6.07, 6.45) is 0. The maximum Gasteiger partial charge on any atom is 0.254 e. The van der Waals surface area contributed by atoms with Crippen LogP contribution in [0.3, 0.4) is 0 Å². The van der Waals surface area contributed by atoms with Crippen LogP contribution in [0.4, 0.5) is 4.39 Å². The summed E-state index contributed by atoms with van der Waals surface area (Å²) < 4.78 is 13.3. The zero-order valence-electron chi connectivity index (χ0n) is 9.77. The van der Waals surface area contributed by atoms with Gasteiger partial charge in [-0.1, -0.05) is 11.6 Å². The van der Waals surface area contributed by atoms with Crippen molar-refractivity contribution in [1.29, 1.82) is 5.26 Å². The molecule has 5 heteroatoms. The summed E-state index contributed by atoms with van der Waals surface area (Å²) in [6, 6.07) is 4.37. The van der Waals surface area contributed by atoms with E-state index in [-0.39, 0.29) is 10.6 Å². The van der Waals surface area contributed by atoms with Gasteiger partial charge < -0.3 is 5.32 Å². The minimum atomic E-state index is -1.03. The highest BCUT2D eigenvalue weighted by atomic mass is 35.5.